The number of carbonyl (C=O) groups excluding carboxylic acids is 2. The molecule has 4 rings (SSSR count). The van der Waals surface area contributed by atoms with Gasteiger partial charge in [0.2, 0.25) is 0 Å². The number of halogens is 4. The van der Waals surface area contributed by atoms with Gasteiger partial charge in [-0.3, -0.25) is 9.59 Å². The molecule has 0 unspecified atom stereocenters. The molecule has 1 aromatic carbocycles. The first-order valence-corrected chi connectivity index (χ1v) is 12.6. The maximum Gasteiger partial charge on any atom is 0.430 e. The van der Waals surface area contributed by atoms with Gasteiger partial charge in [0.1, 0.15) is 11.0 Å². The molecule has 1 aliphatic heterocycles. The molecule has 1 saturated heterocycles. The molecule has 11 heteroatoms. The van der Waals surface area contributed by atoms with Crippen molar-refractivity contribution in [2.24, 2.45) is 17.8 Å². The Morgan fingerprint density at radius 2 is 1.78 bits per heavy atom. The average Bonchev–Trinajstić information content (AvgIpc) is 3.66. The Bertz CT molecular complexity index is 1140. The van der Waals surface area contributed by atoms with Crippen molar-refractivity contribution >= 4 is 29.2 Å². The van der Waals surface area contributed by atoms with Crippen LogP contribution in [0.3, 0.4) is 0 Å². The van der Waals surface area contributed by atoms with Crippen LogP contribution in [0.15, 0.2) is 42.5 Å². The highest BCUT2D eigenvalue weighted by molar-refractivity contribution is 6.32. The summed E-state index contributed by atoms with van der Waals surface area (Å²) in [7, 11) is 3.29. The van der Waals surface area contributed by atoms with Crippen LogP contribution in [0.4, 0.5) is 19.0 Å². The minimum absolute atomic E-state index is 0.0812. The number of aliphatic hydroxyl groups is 1. The van der Waals surface area contributed by atoms with Gasteiger partial charge in [-0.15, -0.1) is 0 Å². The molecule has 2 aliphatic rings. The van der Waals surface area contributed by atoms with Crippen LogP contribution in [0.5, 0.6) is 0 Å². The van der Waals surface area contributed by atoms with E-state index in [0.717, 1.165) is 44.5 Å². The Kier molecular flexibility index (Phi) is 7.71. The van der Waals surface area contributed by atoms with E-state index in [1.807, 2.05) is 0 Å². The second-order valence-corrected chi connectivity index (χ2v) is 10.3. The third-order valence-corrected chi connectivity index (χ3v) is 7.66. The van der Waals surface area contributed by atoms with Crippen molar-refractivity contribution in [3.05, 3.63) is 58.7 Å². The molecule has 7 nitrogen and oxygen atoms in total. The molecule has 0 radical (unpaired) electrons. The molecule has 0 bridgehead atoms. The number of rotatable bonds is 7. The van der Waals surface area contributed by atoms with Gasteiger partial charge < -0.3 is 20.2 Å². The molecule has 1 aromatic heterocycles. The van der Waals surface area contributed by atoms with Crippen LogP contribution in [-0.4, -0.2) is 66.7 Å². The predicted molar refractivity (Wildman–Crippen MR) is 133 cm³/mol. The first-order chi connectivity index (χ1) is 17.4. The number of alkyl halides is 3. The Morgan fingerprint density at radius 1 is 1.14 bits per heavy atom. The number of aromatic nitrogens is 1. The van der Waals surface area contributed by atoms with Gasteiger partial charge in [-0.05, 0) is 49.1 Å². The fraction of sp³-hybridized carbons (Fsp3) is 0.500. The second kappa shape index (κ2) is 10.5. The van der Waals surface area contributed by atoms with Crippen molar-refractivity contribution in [3.63, 3.8) is 0 Å². The van der Waals surface area contributed by atoms with E-state index in [4.69, 9.17) is 11.6 Å². The smallest absolute Gasteiger partial charge is 0.369 e. The molecule has 3 atom stereocenters. The number of hydrogen-bond acceptors (Lipinski definition) is 5. The lowest BCUT2D eigenvalue weighted by atomic mass is 9.90. The van der Waals surface area contributed by atoms with Gasteiger partial charge in [0.05, 0.1) is 5.56 Å². The summed E-state index contributed by atoms with van der Waals surface area (Å²) in [6.45, 7) is 1.58. The van der Waals surface area contributed by atoms with Crippen LogP contribution in [-0.2, 0) is 10.4 Å². The average molecular weight is 539 g/mol. The van der Waals surface area contributed by atoms with Gasteiger partial charge in [-0.2, -0.15) is 13.2 Å². The molecular formula is C26H30ClF3N4O3. The molecular weight excluding hydrogens is 509 g/mol. The van der Waals surface area contributed by atoms with Gasteiger partial charge >= 0.3 is 6.18 Å². The largest absolute Gasteiger partial charge is 0.430 e. The number of piperidine rings is 1. The number of hydrogen-bond donors (Lipinski definition) is 2. The summed E-state index contributed by atoms with van der Waals surface area (Å²) in [6.07, 6.45) is -2.57. The Hall–Kier alpha value is -2.85. The fourth-order valence-corrected chi connectivity index (χ4v) is 5.33. The normalized spacial score (nSPS) is 21.8. The third-order valence-electron chi connectivity index (χ3n) is 7.37. The molecule has 1 saturated carbocycles. The van der Waals surface area contributed by atoms with E-state index in [-0.39, 0.29) is 23.5 Å². The number of nitrogens with zero attached hydrogens (tertiary/aromatic N) is 3. The SMILES string of the molecule is CN(C)C(=O)c1ccc(N2CCC([C@@H]3C[C@H]3CNC(=O)[C@](O)(c3ccccc3)C(F)(F)F)CC2)nc1Cl. The summed E-state index contributed by atoms with van der Waals surface area (Å²) in [6, 6.07) is 9.87. The summed E-state index contributed by atoms with van der Waals surface area (Å²) in [4.78, 5) is 32.6. The number of benzene rings is 1. The molecule has 200 valence electrons. The molecule has 2 aromatic rings. The summed E-state index contributed by atoms with van der Waals surface area (Å²) in [5.41, 5.74) is -3.75. The van der Waals surface area contributed by atoms with Crippen molar-refractivity contribution < 1.29 is 27.9 Å². The highest BCUT2D eigenvalue weighted by Crippen LogP contribution is 2.48. The van der Waals surface area contributed by atoms with Crippen molar-refractivity contribution in [3.8, 4) is 0 Å². The van der Waals surface area contributed by atoms with Crippen LogP contribution < -0.4 is 10.2 Å². The maximum atomic E-state index is 13.7. The van der Waals surface area contributed by atoms with E-state index < -0.39 is 23.2 Å². The topological polar surface area (TPSA) is 85.8 Å². The van der Waals surface area contributed by atoms with Gasteiger partial charge in [0.25, 0.3) is 17.4 Å². The molecule has 1 aliphatic carbocycles. The van der Waals surface area contributed by atoms with Crippen LogP contribution in [0.25, 0.3) is 0 Å². The zero-order valence-electron chi connectivity index (χ0n) is 20.6. The highest BCUT2D eigenvalue weighted by Gasteiger charge is 2.61. The summed E-state index contributed by atoms with van der Waals surface area (Å²) in [5.74, 6) is -0.185. The van der Waals surface area contributed by atoms with E-state index in [1.54, 1.807) is 26.2 Å². The molecule has 2 fully saturated rings. The van der Waals surface area contributed by atoms with Gasteiger partial charge in [-0.1, -0.05) is 41.9 Å². The maximum absolute atomic E-state index is 13.7. The lowest BCUT2D eigenvalue weighted by Crippen LogP contribution is -2.54. The summed E-state index contributed by atoms with van der Waals surface area (Å²) < 4.78 is 41.1. The van der Waals surface area contributed by atoms with Crippen LogP contribution in [0.2, 0.25) is 5.15 Å². The van der Waals surface area contributed by atoms with E-state index in [9.17, 15) is 27.9 Å². The second-order valence-electron chi connectivity index (χ2n) is 9.98. The Balaban J connectivity index is 1.29. The van der Waals surface area contributed by atoms with Crippen molar-refractivity contribution in [2.75, 3.05) is 38.6 Å². The minimum atomic E-state index is -5.15. The van der Waals surface area contributed by atoms with Crippen LogP contribution in [0.1, 0.15) is 35.2 Å². The minimum Gasteiger partial charge on any atom is -0.369 e. The monoisotopic (exact) mass is 538 g/mol. The lowest BCUT2D eigenvalue weighted by molar-refractivity contribution is -0.257. The van der Waals surface area contributed by atoms with Gasteiger partial charge in [0.15, 0.2) is 0 Å². The van der Waals surface area contributed by atoms with E-state index in [1.165, 1.54) is 23.1 Å². The van der Waals surface area contributed by atoms with Crippen LogP contribution >= 0.6 is 11.6 Å². The van der Waals surface area contributed by atoms with Crippen molar-refractivity contribution in [2.45, 2.75) is 31.0 Å². The number of amides is 2. The first-order valence-electron chi connectivity index (χ1n) is 12.2. The van der Waals surface area contributed by atoms with E-state index in [2.05, 4.69) is 15.2 Å². The number of anilines is 1. The lowest BCUT2D eigenvalue weighted by Gasteiger charge is -2.33. The number of pyridine rings is 1. The van der Waals surface area contributed by atoms with Crippen molar-refractivity contribution in [1.82, 2.24) is 15.2 Å². The molecule has 2 heterocycles. The third kappa shape index (κ3) is 5.55. The van der Waals surface area contributed by atoms with Crippen LogP contribution in [0, 0.1) is 17.8 Å². The molecule has 2 amide bonds. The quantitative estimate of drug-likeness (QED) is 0.523. The zero-order chi connectivity index (χ0) is 27.0. The molecule has 37 heavy (non-hydrogen) atoms. The Morgan fingerprint density at radius 3 is 2.35 bits per heavy atom. The van der Waals surface area contributed by atoms with E-state index >= 15 is 0 Å². The summed E-state index contributed by atoms with van der Waals surface area (Å²) in [5, 5.41) is 12.9. The standard InChI is InChI=1S/C26H30ClF3N4O3/c1-33(2)23(35)19-8-9-21(32-22(19)27)34-12-10-16(11-13-34)20-14-17(20)15-31-24(36)25(37,26(28,29)30)18-6-4-3-5-7-18/h3-9,16-17,20,37H,10-15H2,1-2H3,(H,31,36)/t17-,20-,25+/m0/s1. The summed E-state index contributed by atoms with van der Waals surface area (Å²) >= 11 is 6.25. The van der Waals surface area contributed by atoms with Gasteiger partial charge in [0, 0.05) is 39.3 Å². The predicted octanol–water partition coefficient (Wildman–Crippen LogP) is 3.86. The van der Waals surface area contributed by atoms with Gasteiger partial charge in [-0.25, -0.2) is 4.98 Å². The zero-order valence-corrected chi connectivity index (χ0v) is 21.4. The highest BCUT2D eigenvalue weighted by atomic mass is 35.5. The number of nitrogens with one attached hydrogen (secondary N) is 1. The van der Waals surface area contributed by atoms with Crippen molar-refractivity contribution in [1.29, 1.82) is 0 Å². The number of carbonyl (C=O) groups is 2. The Labute approximate surface area is 218 Å². The van der Waals surface area contributed by atoms with E-state index in [0.29, 0.717) is 23.2 Å². The molecule has 2 N–H and O–H groups in total. The fourth-order valence-electron chi connectivity index (χ4n) is 5.10. The molecule has 0 spiro atoms. The first kappa shape index (κ1) is 27.2.